The van der Waals surface area contributed by atoms with Gasteiger partial charge in [0.2, 0.25) is 0 Å². The van der Waals surface area contributed by atoms with Crippen LogP contribution in [-0.4, -0.2) is 34.9 Å². The Hall–Kier alpha value is -3.26. The standard InChI is InChI=1S/C25H31FN4O3/c1-3-25(29-13-11-20(12-14-29)15-19-7-9-22(26)10-8-19)28-24(17-30(32)33)27-23-6-4-5-21(16-23)18(2)31/h4-10,16-17,20,25,27-28H,3,11-15H2,1-2H3/b24-17+. The molecule has 7 nitrogen and oxygen atoms in total. The van der Waals surface area contributed by atoms with Gasteiger partial charge in [-0.3, -0.25) is 19.8 Å². The molecule has 0 aromatic heterocycles. The highest BCUT2D eigenvalue weighted by atomic mass is 19.1. The number of carbonyl (C=O) groups excluding carboxylic acids is 1. The minimum absolute atomic E-state index is 0.0635. The van der Waals surface area contributed by atoms with Crippen molar-refractivity contribution in [1.29, 1.82) is 0 Å². The maximum atomic E-state index is 13.1. The first-order chi connectivity index (χ1) is 15.8. The van der Waals surface area contributed by atoms with Gasteiger partial charge in [0, 0.05) is 24.3 Å². The quantitative estimate of drug-likeness (QED) is 0.305. The number of nitro groups is 1. The van der Waals surface area contributed by atoms with Crippen LogP contribution in [0.25, 0.3) is 0 Å². The summed E-state index contributed by atoms with van der Waals surface area (Å²) >= 11 is 0. The Kier molecular flexibility index (Phi) is 8.54. The highest BCUT2D eigenvalue weighted by molar-refractivity contribution is 5.94. The van der Waals surface area contributed by atoms with Crippen LogP contribution in [0.1, 0.15) is 49.0 Å². The Labute approximate surface area is 193 Å². The third kappa shape index (κ3) is 7.39. The second-order valence-corrected chi connectivity index (χ2v) is 8.47. The summed E-state index contributed by atoms with van der Waals surface area (Å²) in [5.74, 6) is 0.526. The number of nitrogens with one attached hydrogen (secondary N) is 2. The summed E-state index contributed by atoms with van der Waals surface area (Å²) in [6.45, 7) is 5.28. The summed E-state index contributed by atoms with van der Waals surface area (Å²) in [7, 11) is 0. The van der Waals surface area contributed by atoms with Crippen molar-refractivity contribution in [3.8, 4) is 0 Å². The van der Waals surface area contributed by atoms with Gasteiger partial charge < -0.3 is 10.6 Å². The highest BCUT2D eigenvalue weighted by Crippen LogP contribution is 2.24. The van der Waals surface area contributed by atoms with E-state index < -0.39 is 4.92 Å². The van der Waals surface area contributed by atoms with Crippen LogP contribution in [-0.2, 0) is 6.42 Å². The van der Waals surface area contributed by atoms with Crippen LogP contribution in [0.4, 0.5) is 10.1 Å². The van der Waals surface area contributed by atoms with Crippen LogP contribution >= 0.6 is 0 Å². The summed E-state index contributed by atoms with van der Waals surface area (Å²) in [6.07, 6.45) is 4.58. The number of benzene rings is 2. The molecule has 0 radical (unpaired) electrons. The van der Waals surface area contributed by atoms with Gasteiger partial charge in [0.15, 0.2) is 11.6 Å². The molecule has 3 rings (SSSR count). The van der Waals surface area contributed by atoms with Gasteiger partial charge in [0.1, 0.15) is 5.82 Å². The van der Waals surface area contributed by atoms with Crippen molar-refractivity contribution in [2.24, 2.45) is 5.92 Å². The first-order valence-corrected chi connectivity index (χ1v) is 11.3. The molecule has 0 aliphatic carbocycles. The van der Waals surface area contributed by atoms with Gasteiger partial charge in [-0.25, -0.2) is 4.39 Å². The summed E-state index contributed by atoms with van der Waals surface area (Å²) in [4.78, 5) is 24.7. The van der Waals surface area contributed by atoms with E-state index in [-0.39, 0.29) is 23.6 Å². The van der Waals surface area contributed by atoms with Gasteiger partial charge >= 0.3 is 0 Å². The average Bonchev–Trinajstić information content (AvgIpc) is 2.79. The Morgan fingerprint density at radius 2 is 1.94 bits per heavy atom. The molecule has 0 bridgehead atoms. The molecule has 1 aliphatic heterocycles. The second-order valence-electron chi connectivity index (χ2n) is 8.47. The number of rotatable bonds is 10. The third-order valence-corrected chi connectivity index (χ3v) is 6.02. The fourth-order valence-corrected chi connectivity index (χ4v) is 4.24. The van der Waals surface area contributed by atoms with Crippen LogP contribution in [0.5, 0.6) is 0 Å². The lowest BCUT2D eigenvalue weighted by Gasteiger charge is -2.38. The topological polar surface area (TPSA) is 87.5 Å². The largest absolute Gasteiger partial charge is 0.351 e. The molecule has 1 unspecified atom stereocenters. The first kappa shape index (κ1) is 24.4. The lowest BCUT2D eigenvalue weighted by molar-refractivity contribution is -0.403. The van der Waals surface area contributed by atoms with Crippen molar-refractivity contribution in [2.45, 2.75) is 45.7 Å². The van der Waals surface area contributed by atoms with E-state index in [1.54, 1.807) is 24.3 Å². The summed E-state index contributed by atoms with van der Waals surface area (Å²) in [6, 6.07) is 13.6. The van der Waals surface area contributed by atoms with E-state index in [1.807, 2.05) is 19.1 Å². The van der Waals surface area contributed by atoms with Crippen LogP contribution in [0.2, 0.25) is 0 Å². The van der Waals surface area contributed by atoms with E-state index in [0.717, 1.165) is 50.5 Å². The number of likely N-dealkylation sites (tertiary alicyclic amines) is 1. The smallest absolute Gasteiger partial charge is 0.274 e. The van der Waals surface area contributed by atoms with Crippen LogP contribution in [0.3, 0.4) is 0 Å². The maximum Gasteiger partial charge on any atom is 0.274 e. The predicted molar refractivity (Wildman–Crippen MR) is 127 cm³/mol. The Morgan fingerprint density at radius 1 is 1.24 bits per heavy atom. The van der Waals surface area contributed by atoms with Crippen molar-refractivity contribution in [2.75, 3.05) is 18.4 Å². The molecule has 0 saturated carbocycles. The lowest BCUT2D eigenvalue weighted by Crippen LogP contribution is -2.49. The Balaban J connectivity index is 1.61. The number of halogens is 1. The molecule has 1 heterocycles. The molecule has 176 valence electrons. The fourth-order valence-electron chi connectivity index (χ4n) is 4.24. The van der Waals surface area contributed by atoms with Crippen molar-refractivity contribution < 1.29 is 14.1 Å². The zero-order valence-corrected chi connectivity index (χ0v) is 19.1. The molecule has 2 aromatic rings. The number of piperidine rings is 1. The van der Waals surface area contributed by atoms with Gasteiger partial charge in [-0.1, -0.05) is 31.2 Å². The van der Waals surface area contributed by atoms with Gasteiger partial charge in [0.25, 0.3) is 6.20 Å². The van der Waals surface area contributed by atoms with E-state index in [9.17, 15) is 19.3 Å². The van der Waals surface area contributed by atoms with Crippen molar-refractivity contribution >= 4 is 11.5 Å². The lowest BCUT2D eigenvalue weighted by atomic mass is 9.90. The molecule has 1 saturated heterocycles. The second kappa shape index (κ2) is 11.6. The highest BCUT2D eigenvalue weighted by Gasteiger charge is 2.25. The molecule has 1 atom stereocenters. The fraction of sp³-hybridized carbons (Fsp3) is 0.400. The molecule has 2 N–H and O–H groups in total. The molecular formula is C25H31FN4O3. The Morgan fingerprint density at radius 3 is 2.55 bits per heavy atom. The van der Waals surface area contributed by atoms with Gasteiger partial charge in [-0.05, 0) is 68.4 Å². The molecule has 1 aliphatic rings. The van der Waals surface area contributed by atoms with Gasteiger partial charge in [-0.2, -0.15) is 0 Å². The molecule has 8 heteroatoms. The zero-order chi connectivity index (χ0) is 23.8. The van der Waals surface area contributed by atoms with Gasteiger partial charge in [0.05, 0.1) is 11.1 Å². The number of carbonyl (C=O) groups is 1. The van der Waals surface area contributed by atoms with Crippen LogP contribution < -0.4 is 10.6 Å². The number of ketones is 1. The van der Waals surface area contributed by atoms with E-state index in [4.69, 9.17) is 0 Å². The maximum absolute atomic E-state index is 13.1. The Bertz CT molecular complexity index is 985. The summed E-state index contributed by atoms with van der Waals surface area (Å²) < 4.78 is 13.1. The number of nitrogens with zero attached hydrogens (tertiary/aromatic N) is 2. The van der Waals surface area contributed by atoms with Crippen LogP contribution in [0, 0.1) is 21.8 Å². The van der Waals surface area contributed by atoms with E-state index in [0.29, 0.717) is 17.2 Å². The number of anilines is 1. The molecule has 2 aromatic carbocycles. The molecular weight excluding hydrogens is 423 g/mol. The van der Waals surface area contributed by atoms with Crippen molar-refractivity contribution in [1.82, 2.24) is 10.2 Å². The SMILES string of the molecule is CCC(N/C(=C/[N+](=O)[O-])Nc1cccc(C(C)=O)c1)N1CCC(Cc2ccc(F)cc2)CC1. The number of Topliss-reactive ketones (excluding diaryl/α,β-unsaturated/α-hetero) is 1. The normalized spacial score (nSPS) is 16.3. The summed E-state index contributed by atoms with van der Waals surface area (Å²) in [5, 5.41) is 17.6. The number of hydrogen-bond donors (Lipinski definition) is 2. The monoisotopic (exact) mass is 454 g/mol. The average molecular weight is 455 g/mol. The predicted octanol–water partition coefficient (Wildman–Crippen LogP) is 4.80. The van der Waals surface area contributed by atoms with Crippen molar-refractivity contribution in [3.63, 3.8) is 0 Å². The molecule has 0 spiro atoms. The van der Waals surface area contributed by atoms with E-state index in [2.05, 4.69) is 15.5 Å². The van der Waals surface area contributed by atoms with Gasteiger partial charge in [-0.15, -0.1) is 0 Å². The molecule has 33 heavy (non-hydrogen) atoms. The molecule has 0 amide bonds. The minimum Gasteiger partial charge on any atom is -0.351 e. The number of hydrogen-bond acceptors (Lipinski definition) is 6. The zero-order valence-electron chi connectivity index (χ0n) is 19.1. The first-order valence-electron chi connectivity index (χ1n) is 11.3. The molecule has 1 fully saturated rings. The van der Waals surface area contributed by atoms with Crippen molar-refractivity contribution in [3.05, 3.63) is 87.6 Å². The van der Waals surface area contributed by atoms with E-state index in [1.165, 1.54) is 19.1 Å². The third-order valence-electron chi connectivity index (χ3n) is 6.02. The van der Waals surface area contributed by atoms with E-state index >= 15 is 0 Å². The minimum atomic E-state index is -0.494. The van der Waals surface area contributed by atoms with Crippen LogP contribution in [0.15, 0.2) is 60.6 Å². The summed E-state index contributed by atoms with van der Waals surface area (Å²) in [5.41, 5.74) is 2.29.